The number of nitrogens with zero attached hydrogens (tertiary/aromatic N) is 1. The summed E-state index contributed by atoms with van der Waals surface area (Å²) in [6, 6.07) is 0. The fraction of sp³-hybridized carbons (Fsp3) is 1.00. The lowest BCUT2D eigenvalue weighted by molar-refractivity contribution is -0.889. The SMILES string of the molecule is CCCCCCCCCCCCCCCCOCC(COC)COP(=O)(O)OC1CCC[N+](C)(C)CC1. The fourth-order valence-electron chi connectivity index (χ4n) is 5.05. The number of rotatable bonds is 24. The van der Waals surface area contributed by atoms with E-state index in [4.69, 9.17) is 18.5 Å². The predicted octanol–water partition coefficient (Wildman–Crippen LogP) is 7.51. The minimum absolute atomic E-state index is 0.0919. The summed E-state index contributed by atoms with van der Waals surface area (Å²) in [5.41, 5.74) is 0. The minimum atomic E-state index is -4.09. The van der Waals surface area contributed by atoms with E-state index in [9.17, 15) is 9.46 Å². The number of ether oxygens (including phenoxy) is 2. The second-order valence-corrected chi connectivity index (χ2v) is 13.2. The van der Waals surface area contributed by atoms with Crippen molar-refractivity contribution >= 4 is 7.82 Å². The first kappa shape index (κ1) is 35.0. The van der Waals surface area contributed by atoms with Gasteiger partial charge in [0.1, 0.15) is 0 Å². The largest absolute Gasteiger partial charge is 0.472 e. The Morgan fingerprint density at radius 2 is 1.38 bits per heavy atom. The number of phosphoric ester groups is 1. The van der Waals surface area contributed by atoms with Gasteiger partial charge >= 0.3 is 7.82 Å². The van der Waals surface area contributed by atoms with Gasteiger partial charge < -0.3 is 18.9 Å². The van der Waals surface area contributed by atoms with E-state index in [-0.39, 0.29) is 18.6 Å². The lowest BCUT2D eigenvalue weighted by Gasteiger charge is -2.28. The maximum Gasteiger partial charge on any atom is 0.472 e. The van der Waals surface area contributed by atoms with E-state index in [0.717, 1.165) is 43.3 Å². The summed E-state index contributed by atoms with van der Waals surface area (Å²) in [5, 5.41) is 0. The van der Waals surface area contributed by atoms with Gasteiger partial charge in [-0.25, -0.2) is 4.57 Å². The Balaban J connectivity index is 2.04. The lowest BCUT2D eigenvalue weighted by Crippen LogP contribution is -2.40. The van der Waals surface area contributed by atoms with Crippen LogP contribution in [-0.4, -0.2) is 76.2 Å². The highest BCUT2D eigenvalue weighted by Gasteiger charge is 2.31. The van der Waals surface area contributed by atoms with E-state index >= 15 is 0 Å². The van der Waals surface area contributed by atoms with Gasteiger partial charge in [0.05, 0.1) is 53.1 Å². The van der Waals surface area contributed by atoms with Crippen molar-refractivity contribution in [1.82, 2.24) is 0 Å². The Morgan fingerprint density at radius 3 is 1.95 bits per heavy atom. The quantitative estimate of drug-likeness (QED) is 0.0762. The molecule has 0 bridgehead atoms. The van der Waals surface area contributed by atoms with Crippen LogP contribution in [0.4, 0.5) is 0 Å². The molecule has 0 amide bonds. The summed E-state index contributed by atoms with van der Waals surface area (Å²) in [4.78, 5) is 10.2. The Hall–Kier alpha value is -0.0100. The first-order valence-electron chi connectivity index (χ1n) is 15.3. The Morgan fingerprint density at radius 1 is 0.811 bits per heavy atom. The molecule has 37 heavy (non-hydrogen) atoms. The Kier molecular flexibility index (Phi) is 20.6. The molecule has 1 heterocycles. The van der Waals surface area contributed by atoms with Gasteiger partial charge in [-0.15, -0.1) is 0 Å². The van der Waals surface area contributed by atoms with Crippen molar-refractivity contribution in [3.05, 3.63) is 0 Å². The van der Waals surface area contributed by atoms with Crippen LogP contribution in [0.3, 0.4) is 0 Å². The molecule has 0 spiro atoms. The number of likely N-dealkylation sites (tertiary alicyclic amines) is 1. The summed E-state index contributed by atoms with van der Waals surface area (Å²) < 4.78 is 35.4. The zero-order valence-corrected chi connectivity index (χ0v) is 25.7. The molecule has 0 aromatic heterocycles. The summed E-state index contributed by atoms with van der Waals surface area (Å²) >= 11 is 0. The molecule has 3 atom stereocenters. The number of methoxy groups -OCH3 is 1. The molecule has 0 radical (unpaired) electrons. The molecule has 1 aliphatic rings. The van der Waals surface area contributed by atoms with E-state index in [1.54, 1.807) is 7.11 Å². The van der Waals surface area contributed by atoms with Crippen LogP contribution in [-0.2, 0) is 23.1 Å². The molecule has 1 rings (SSSR count). The highest BCUT2D eigenvalue weighted by molar-refractivity contribution is 7.47. The first-order valence-corrected chi connectivity index (χ1v) is 16.8. The van der Waals surface area contributed by atoms with E-state index < -0.39 is 7.82 Å². The molecule has 1 saturated heterocycles. The normalized spacial score (nSPS) is 20.4. The fourth-order valence-corrected chi connectivity index (χ4v) is 6.10. The number of hydrogen-bond donors (Lipinski definition) is 1. The third-order valence-electron chi connectivity index (χ3n) is 7.50. The third kappa shape index (κ3) is 20.5. The third-order valence-corrected chi connectivity index (χ3v) is 8.54. The van der Waals surface area contributed by atoms with Gasteiger partial charge in [-0.1, -0.05) is 90.4 Å². The number of unbranched alkanes of at least 4 members (excludes halogenated alkanes) is 13. The van der Waals surface area contributed by atoms with Crippen LogP contribution < -0.4 is 0 Å². The van der Waals surface area contributed by atoms with Gasteiger partial charge in [0.15, 0.2) is 0 Å². The minimum Gasteiger partial charge on any atom is -0.384 e. The molecule has 1 fully saturated rings. The molecule has 0 aliphatic carbocycles. The second-order valence-electron chi connectivity index (χ2n) is 11.8. The number of hydrogen-bond acceptors (Lipinski definition) is 5. The number of phosphoric acid groups is 1. The zero-order chi connectivity index (χ0) is 27.2. The standard InChI is InChI=1S/C29H60NO6P/c1-5-6-7-8-9-10-11-12-13-14-15-16-17-18-24-34-26-28(25-33-4)27-35-37(31,32)36-29-20-19-22-30(2,3)23-21-29/h28-29H,5-27H2,1-4H3/p+1. The van der Waals surface area contributed by atoms with Gasteiger partial charge in [-0.3, -0.25) is 9.05 Å². The summed E-state index contributed by atoms with van der Waals surface area (Å²) in [6.07, 6.45) is 21.1. The monoisotopic (exact) mass is 550 g/mol. The van der Waals surface area contributed by atoms with Crippen LogP contribution in [0.1, 0.15) is 116 Å². The van der Waals surface area contributed by atoms with Crippen LogP contribution in [0.2, 0.25) is 0 Å². The molecule has 0 aromatic rings. The van der Waals surface area contributed by atoms with Crippen molar-refractivity contribution in [2.45, 2.75) is 122 Å². The van der Waals surface area contributed by atoms with Crippen LogP contribution in [0.5, 0.6) is 0 Å². The van der Waals surface area contributed by atoms with Crippen LogP contribution in [0, 0.1) is 5.92 Å². The predicted molar refractivity (Wildman–Crippen MR) is 153 cm³/mol. The maximum absolute atomic E-state index is 12.5. The number of quaternary nitrogens is 1. The van der Waals surface area contributed by atoms with Crippen LogP contribution >= 0.6 is 7.82 Å². The van der Waals surface area contributed by atoms with Crippen molar-refractivity contribution in [2.75, 3.05) is 60.7 Å². The van der Waals surface area contributed by atoms with Crippen LogP contribution in [0.25, 0.3) is 0 Å². The highest BCUT2D eigenvalue weighted by atomic mass is 31.2. The van der Waals surface area contributed by atoms with Crippen molar-refractivity contribution in [3.63, 3.8) is 0 Å². The first-order chi connectivity index (χ1) is 17.8. The summed E-state index contributed by atoms with van der Waals surface area (Å²) in [5.74, 6) is -0.0922. The smallest absolute Gasteiger partial charge is 0.384 e. The Bertz CT molecular complexity index is 577. The molecule has 0 saturated carbocycles. The van der Waals surface area contributed by atoms with Gasteiger partial charge in [0, 0.05) is 26.1 Å². The molecule has 0 aromatic carbocycles. The highest BCUT2D eigenvalue weighted by Crippen LogP contribution is 2.46. The zero-order valence-electron chi connectivity index (χ0n) is 24.8. The molecular weight excluding hydrogens is 489 g/mol. The Labute approximate surface area is 229 Å². The molecule has 1 aliphatic heterocycles. The van der Waals surface area contributed by atoms with Gasteiger partial charge in [-0.2, -0.15) is 0 Å². The molecular formula is C29H61NO6P+. The molecule has 222 valence electrons. The van der Waals surface area contributed by atoms with Crippen LogP contribution in [0.15, 0.2) is 0 Å². The lowest BCUT2D eigenvalue weighted by atomic mass is 10.0. The topological polar surface area (TPSA) is 74.2 Å². The van der Waals surface area contributed by atoms with Crippen molar-refractivity contribution in [2.24, 2.45) is 5.92 Å². The molecule has 3 unspecified atom stereocenters. The maximum atomic E-state index is 12.5. The summed E-state index contributed by atoms with van der Waals surface area (Å²) in [7, 11) is 1.90. The van der Waals surface area contributed by atoms with Crippen molar-refractivity contribution < 1.29 is 32.5 Å². The second kappa shape index (κ2) is 21.8. The average molecular weight is 551 g/mol. The van der Waals surface area contributed by atoms with Gasteiger partial charge in [0.2, 0.25) is 0 Å². The van der Waals surface area contributed by atoms with E-state index in [1.165, 1.54) is 83.5 Å². The molecule has 8 heteroatoms. The van der Waals surface area contributed by atoms with Gasteiger partial charge in [-0.05, 0) is 19.3 Å². The summed E-state index contributed by atoms with van der Waals surface area (Å²) in [6.45, 7) is 5.95. The van der Waals surface area contributed by atoms with E-state index in [2.05, 4.69) is 21.0 Å². The van der Waals surface area contributed by atoms with E-state index in [1.807, 2.05) is 0 Å². The van der Waals surface area contributed by atoms with Crippen molar-refractivity contribution in [3.8, 4) is 0 Å². The van der Waals surface area contributed by atoms with Crippen molar-refractivity contribution in [1.29, 1.82) is 0 Å². The van der Waals surface area contributed by atoms with E-state index in [0.29, 0.717) is 19.8 Å². The molecule has 1 N–H and O–H groups in total. The average Bonchev–Trinajstić information content (AvgIpc) is 3.01. The molecule has 7 nitrogen and oxygen atoms in total. The van der Waals surface area contributed by atoms with Gasteiger partial charge in [0.25, 0.3) is 0 Å².